The second kappa shape index (κ2) is 17.0. The zero-order valence-electron chi connectivity index (χ0n) is 35.4. The van der Waals surface area contributed by atoms with Gasteiger partial charge in [-0.05, 0) is 76.7 Å². The Balaban J connectivity index is 0.000000247. The molecule has 1 radical (unpaired) electrons. The third kappa shape index (κ3) is 8.12. The van der Waals surface area contributed by atoms with Gasteiger partial charge in [0.1, 0.15) is 16.8 Å². The van der Waals surface area contributed by atoms with Gasteiger partial charge >= 0.3 is 5.65 Å². The van der Waals surface area contributed by atoms with E-state index in [4.69, 9.17) is 9.40 Å². The topological polar surface area (TPSA) is 47.7 Å². The predicted molar refractivity (Wildman–Crippen MR) is 244 cm³/mol. The van der Waals surface area contributed by atoms with Crippen LogP contribution in [0.1, 0.15) is 56.2 Å². The van der Waals surface area contributed by atoms with Crippen LogP contribution in [-0.4, -0.2) is 22.6 Å². The molecule has 0 saturated carbocycles. The van der Waals surface area contributed by atoms with Gasteiger partial charge in [-0.2, -0.15) is 0 Å². The molecule has 9 rings (SSSR count). The maximum absolute atomic E-state index is 6.50. The van der Waals surface area contributed by atoms with Crippen molar-refractivity contribution in [2.45, 2.75) is 66.1 Å². The average molecular weight is 968 g/mol. The fraction of sp³-hybridized carbons (Fsp3) is 0.212. The summed E-state index contributed by atoms with van der Waals surface area (Å²) in [5.41, 5.74) is 14.2. The number of para-hydroxylation sites is 1. The van der Waals surface area contributed by atoms with Crippen LogP contribution in [0.2, 0.25) is 19.6 Å². The molecule has 7 heteroatoms. The van der Waals surface area contributed by atoms with Crippen molar-refractivity contribution in [3.63, 3.8) is 0 Å². The molecule has 0 aliphatic rings. The minimum Gasteiger partial charge on any atom is -0.500 e. The molecule has 299 valence electrons. The number of hydrogen-bond acceptors (Lipinski definition) is 3. The largest absolute Gasteiger partial charge is 0.500 e. The number of pyridine rings is 2. The first-order chi connectivity index (χ1) is 27.9. The van der Waals surface area contributed by atoms with Crippen molar-refractivity contribution in [1.82, 2.24) is 14.5 Å². The zero-order valence-corrected chi connectivity index (χ0v) is 38.8. The first-order valence-electron chi connectivity index (χ1n) is 20.3. The van der Waals surface area contributed by atoms with E-state index < -0.39 is 8.07 Å². The first-order valence-corrected chi connectivity index (χ1v) is 23.8. The minimum absolute atomic E-state index is 0. The number of fused-ring (bicyclic) bond motifs is 4. The van der Waals surface area contributed by atoms with Gasteiger partial charge < -0.3 is 9.40 Å². The summed E-state index contributed by atoms with van der Waals surface area (Å²) in [6.45, 7) is 18.4. The zero-order chi connectivity index (χ0) is 40.7. The molecule has 0 fully saturated rings. The fourth-order valence-corrected chi connectivity index (χ4v) is 9.81. The summed E-state index contributed by atoms with van der Waals surface area (Å²) >= 11 is 0. The number of furan rings is 1. The fourth-order valence-electron chi connectivity index (χ4n) is 8.11. The van der Waals surface area contributed by atoms with Crippen molar-refractivity contribution in [2.24, 2.45) is 7.05 Å². The van der Waals surface area contributed by atoms with Gasteiger partial charge in [0.05, 0.1) is 26.9 Å². The average Bonchev–Trinajstić information content (AvgIpc) is 3.80. The van der Waals surface area contributed by atoms with Gasteiger partial charge in [-0.1, -0.05) is 113 Å². The van der Waals surface area contributed by atoms with Crippen LogP contribution >= 0.6 is 0 Å². The maximum atomic E-state index is 6.50. The van der Waals surface area contributed by atoms with Crippen LogP contribution in [0.25, 0.3) is 72.6 Å². The number of nitrogens with zero attached hydrogens (tertiary/aromatic N) is 4. The van der Waals surface area contributed by atoms with Crippen LogP contribution in [0.5, 0.6) is 0 Å². The van der Waals surface area contributed by atoms with Gasteiger partial charge in [-0.3, -0.25) is 0 Å². The van der Waals surface area contributed by atoms with E-state index in [0.29, 0.717) is 0 Å². The number of aromatic nitrogens is 4. The molecule has 4 aromatic heterocycles. The number of hydrogen-bond donors (Lipinski definition) is 0. The third-order valence-corrected chi connectivity index (χ3v) is 13.1. The Labute approximate surface area is 363 Å². The number of imidazole rings is 1. The molecular weight excluding hydrogens is 917 g/mol. The molecule has 0 aliphatic heterocycles. The van der Waals surface area contributed by atoms with E-state index in [1.54, 1.807) is 0 Å². The van der Waals surface area contributed by atoms with Gasteiger partial charge in [-0.15, -0.1) is 54.1 Å². The van der Waals surface area contributed by atoms with E-state index in [1.807, 2.05) is 36.4 Å². The summed E-state index contributed by atoms with van der Waals surface area (Å²) in [6, 6.07) is 48.8. The predicted octanol–water partition coefficient (Wildman–Crippen LogP) is 12.5. The van der Waals surface area contributed by atoms with Gasteiger partial charge in [0, 0.05) is 42.8 Å². The van der Waals surface area contributed by atoms with Crippen molar-refractivity contribution >= 4 is 46.4 Å². The van der Waals surface area contributed by atoms with Crippen molar-refractivity contribution in [1.29, 1.82) is 0 Å². The van der Waals surface area contributed by atoms with Gasteiger partial charge in [-0.25, -0.2) is 14.1 Å². The molecule has 0 spiro atoms. The Morgan fingerprint density at radius 1 is 0.729 bits per heavy atom. The quantitative estimate of drug-likeness (QED) is 0.0908. The van der Waals surface area contributed by atoms with Crippen LogP contribution in [0.15, 0.2) is 138 Å². The Morgan fingerprint density at radius 2 is 1.42 bits per heavy atom. The number of benzene rings is 5. The van der Waals surface area contributed by atoms with Crippen molar-refractivity contribution in [2.75, 3.05) is 0 Å². The van der Waals surface area contributed by atoms with Crippen LogP contribution in [0.3, 0.4) is 0 Å². The van der Waals surface area contributed by atoms with E-state index in [2.05, 4.69) is 185 Å². The van der Waals surface area contributed by atoms with Crippen molar-refractivity contribution < 1.29 is 29.1 Å². The van der Waals surface area contributed by atoms with E-state index in [0.717, 1.165) is 55.7 Å². The Hall–Kier alpha value is -5.46. The van der Waals surface area contributed by atoms with Crippen LogP contribution < -0.4 is 9.75 Å². The van der Waals surface area contributed by atoms with Crippen molar-refractivity contribution in [3.05, 3.63) is 163 Å². The Bertz CT molecular complexity index is 2880. The molecule has 0 saturated heterocycles. The summed E-state index contributed by atoms with van der Waals surface area (Å²) < 4.78 is 11.0. The second-order valence-corrected chi connectivity index (χ2v) is 21.9. The van der Waals surface area contributed by atoms with Crippen molar-refractivity contribution in [3.8, 4) is 39.5 Å². The van der Waals surface area contributed by atoms with Gasteiger partial charge in [0.2, 0.25) is 0 Å². The normalized spacial score (nSPS) is 11.6. The third-order valence-electron chi connectivity index (χ3n) is 11.0. The summed E-state index contributed by atoms with van der Waals surface area (Å²) in [5.74, 6) is 1.41. The maximum Gasteiger partial charge on any atom is 0.304 e. The summed E-state index contributed by atoms with van der Waals surface area (Å²) in [4.78, 5) is 9.85. The molecular formula is C52H51IrN4OSi-. The molecule has 5 nitrogen and oxygen atoms in total. The molecule has 0 atom stereocenters. The molecule has 0 N–H and O–H groups in total. The molecule has 5 aromatic carbocycles. The minimum atomic E-state index is -1.27. The second-order valence-electron chi connectivity index (χ2n) is 16.9. The van der Waals surface area contributed by atoms with Crippen LogP contribution in [0.4, 0.5) is 0 Å². The molecule has 9 aromatic rings. The Kier molecular flexibility index (Phi) is 12.0. The van der Waals surface area contributed by atoms with Gasteiger partial charge in [0.15, 0.2) is 5.82 Å². The van der Waals surface area contributed by atoms with E-state index in [1.165, 1.54) is 38.7 Å². The Morgan fingerprint density at radius 3 is 2.08 bits per heavy atom. The molecule has 0 amide bonds. The monoisotopic (exact) mass is 968 g/mol. The van der Waals surface area contributed by atoms with Crippen LogP contribution in [-0.2, 0) is 27.2 Å². The smallest absolute Gasteiger partial charge is 0.304 e. The summed E-state index contributed by atoms with van der Waals surface area (Å²) in [6.07, 6.45) is 4.15. The first kappa shape index (κ1) is 41.7. The van der Waals surface area contributed by atoms with Crippen LogP contribution in [0, 0.1) is 19.1 Å². The van der Waals surface area contributed by atoms with E-state index in [-0.39, 0.29) is 31.9 Å². The van der Waals surface area contributed by atoms with E-state index >= 15 is 0 Å². The van der Waals surface area contributed by atoms with E-state index in [9.17, 15) is 0 Å². The van der Waals surface area contributed by atoms with Gasteiger partial charge in [0.25, 0.3) is 0 Å². The molecule has 0 unspecified atom stereocenters. The summed E-state index contributed by atoms with van der Waals surface area (Å²) in [5, 5.41) is 3.62. The standard InChI is InChI=1S/C37H33N3O.C15H18NSi.Ir/c1-23(2)30-21-26(25-13-7-6-8-14-25)22-31(24(3)4)34(30)40-36(38-32-18-12-20-39(5)37(32)40)29-17-11-16-28-27-15-9-10-19-33(27)41-35(28)29;1-12-10-14(13-8-6-5-7-9-13)16-11-15(12)17(2,3)4;/h6-16,18-24H,1-5H3;5-8,10-11H,1-4H3;/q;-1;. The number of aryl methyl sites for hydroxylation is 2. The molecule has 59 heavy (non-hydrogen) atoms. The summed E-state index contributed by atoms with van der Waals surface area (Å²) in [7, 11) is 0.821. The molecule has 0 aliphatic carbocycles. The number of rotatable bonds is 7. The molecule has 4 heterocycles. The molecule has 0 bridgehead atoms. The SMILES string of the molecule is CC(C)c1cc(-c2ccccc2)cc(C(C)C)c1-n1c(-c2[c-]ccc3c2oc2ccccc23)nc2ccc[n+](C)c21.Cc1cc(-c2[c-]cccc2)ncc1[Si](C)(C)C.[Ir].